The molecule has 5 aromatic rings. The minimum absolute atomic E-state index is 0.0346. The van der Waals surface area contributed by atoms with Gasteiger partial charge in [0, 0.05) is 11.6 Å². The fourth-order valence-corrected chi connectivity index (χ4v) is 6.22. The summed E-state index contributed by atoms with van der Waals surface area (Å²) in [4.78, 5) is 26.2. The van der Waals surface area contributed by atoms with Crippen molar-refractivity contribution in [1.82, 2.24) is 4.40 Å². The maximum Gasteiger partial charge on any atom is 0.416 e. The summed E-state index contributed by atoms with van der Waals surface area (Å²) in [6, 6.07) is 20.0. The zero-order valence-electron chi connectivity index (χ0n) is 18.7. The molecule has 182 valence electrons. The van der Waals surface area contributed by atoms with Crippen LogP contribution in [0.5, 0.6) is 0 Å². The van der Waals surface area contributed by atoms with Crippen LogP contribution >= 0.6 is 27.3 Å². The highest BCUT2D eigenvalue weighted by molar-refractivity contribution is 9.11. The highest BCUT2D eigenvalue weighted by Gasteiger charge is 2.30. The van der Waals surface area contributed by atoms with Gasteiger partial charge in [-0.05, 0) is 61.9 Å². The topological polar surface area (TPSA) is 47.8 Å². The standard InChI is InChI=1S/C27H17BrF3NO3S/c1-35-26(34)23-24(28)36-25-22(16-9-11-19(12-10-16)27(29,30)31)18(14-21(33)32(23)25)13-17-7-4-6-15-5-2-3-8-20(15)17/h2-12,14H,13H2,1H3. The molecule has 2 aromatic heterocycles. The van der Waals surface area contributed by atoms with Gasteiger partial charge in [0.2, 0.25) is 0 Å². The van der Waals surface area contributed by atoms with Crippen molar-refractivity contribution in [1.29, 1.82) is 0 Å². The molecule has 0 saturated carbocycles. The van der Waals surface area contributed by atoms with Crippen LogP contribution in [0.25, 0.3) is 26.7 Å². The lowest BCUT2D eigenvalue weighted by Crippen LogP contribution is -2.19. The van der Waals surface area contributed by atoms with E-state index in [2.05, 4.69) is 15.9 Å². The minimum Gasteiger partial charge on any atom is -0.464 e. The number of ether oxygens (including phenoxy) is 1. The number of thiazole rings is 1. The number of aromatic nitrogens is 1. The van der Waals surface area contributed by atoms with Gasteiger partial charge in [0.15, 0.2) is 5.69 Å². The Morgan fingerprint density at radius 2 is 1.69 bits per heavy atom. The number of fused-ring (bicyclic) bond motifs is 2. The maximum absolute atomic E-state index is 13.3. The van der Waals surface area contributed by atoms with E-state index in [1.165, 1.54) is 29.7 Å². The SMILES string of the molecule is COC(=O)c1c(Br)sc2c(-c3ccc(C(F)(F)F)cc3)c(Cc3cccc4ccccc34)cc(=O)n12. The summed E-state index contributed by atoms with van der Waals surface area (Å²) in [6.45, 7) is 0. The molecule has 0 amide bonds. The number of rotatable bonds is 4. The lowest BCUT2D eigenvalue weighted by atomic mass is 9.93. The second-order valence-corrected chi connectivity index (χ2v) is 10.4. The van der Waals surface area contributed by atoms with Crippen LogP contribution in [-0.4, -0.2) is 17.5 Å². The van der Waals surface area contributed by atoms with Crippen LogP contribution in [-0.2, 0) is 17.3 Å². The van der Waals surface area contributed by atoms with Gasteiger partial charge in [-0.1, -0.05) is 54.6 Å². The van der Waals surface area contributed by atoms with E-state index in [9.17, 15) is 22.8 Å². The molecule has 0 aliphatic carbocycles. The number of nitrogens with zero attached hydrogens (tertiary/aromatic N) is 1. The maximum atomic E-state index is 13.3. The van der Waals surface area contributed by atoms with E-state index in [1.54, 1.807) is 0 Å². The molecule has 9 heteroatoms. The van der Waals surface area contributed by atoms with Crippen molar-refractivity contribution in [2.75, 3.05) is 7.11 Å². The van der Waals surface area contributed by atoms with Crippen molar-refractivity contribution in [3.63, 3.8) is 0 Å². The Bertz CT molecular complexity index is 1680. The molecular weight excluding hydrogens is 555 g/mol. The number of benzene rings is 3. The van der Waals surface area contributed by atoms with Crippen LogP contribution in [0.2, 0.25) is 0 Å². The number of halogens is 4. The first-order valence-corrected chi connectivity index (χ1v) is 12.4. The Morgan fingerprint density at radius 1 is 1.00 bits per heavy atom. The van der Waals surface area contributed by atoms with Crippen LogP contribution in [0.15, 0.2) is 81.4 Å². The molecule has 0 atom stereocenters. The summed E-state index contributed by atoms with van der Waals surface area (Å²) in [6.07, 6.45) is -4.11. The minimum atomic E-state index is -4.47. The van der Waals surface area contributed by atoms with E-state index in [-0.39, 0.29) is 5.69 Å². The number of methoxy groups -OCH3 is 1. The summed E-state index contributed by atoms with van der Waals surface area (Å²) < 4.78 is 46.2. The lowest BCUT2D eigenvalue weighted by Gasteiger charge is -2.14. The van der Waals surface area contributed by atoms with Crippen molar-refractivity contribution in [3.05, 3.63) is 109 Å². The third-order valence-electron chi connectivity index (χ3n) is 5.99. The number of hydrogen-bond donors (Lipinski definition) is 0. The second-order valence-electron chi connectivity index (χ2n) is 8.13. The van der Waals surface area contributed by atoms with E-state index in [0.29, 0.717) is 31.7 Å². The second kappa shape index (κ2) is 9.22. The van der Waals surface area contributed by atoms with Crippen LogP contribution < -0.4 is 5.56 Å². The van der Waals surface area contributed by atoms with Crippen molar-refractivity contribution in [2.24, 2.45) is 0 Å². The molecule has 36 heavy (non-hydrogen) atoms. The van der Waals surface area contributed by atoms with Gasteiger partial charge in [0.05, 0.1) is 12.7 Å². The van der Waals surface area contributed by atoms with E-state index in [4.69, 9.17) is 4.74 Å². The molecule has 0 N–H and O–H groups in total. The van der Waals surface area contributed by atoms with Crippen molar-refractivity contribution in [3.8, 4) is 11.1 Å². The summed E-state index contributed by atoms with van der Waals surface area (Å²) in [5, 5.41) is 2.05. The molecular formula is C27H17BrF3NO3S. The molecule has 4 nitrogen and oxygen atoms in total. The number of alkyl halides is 3. The van der Waals surface area contributed by atoms with E-state index >= 15 is 0 Å². The summed E-state index contributed by atoms with van der Waals surface area (Å²) >= 11 is 4.52. The molecule has 2 heterocycles. The van der Waals surface area contributed by atoms with E-state index in [0.717, 1.165) is 39.8 Å². The Kier molecular flexibility index (Phi) is 6.22. The summed E-state index contributed by atoms with van der Waals surface area (Å²) in [5.41, 5.74) is 1.52. The van der Waals surface area contributed by atoms with Crippen LogP contribution in [0.4, 0.5) is 13.2 Å². The van der Waals surface area contributed by atoms with Crippen molar-refractivity contribution in [2.45, 2.75) is 12.6 Å². The van der Waals surface area contributed by atoms with Gasteiger partial charge in [0.25, 0.3) is 5.56 Å². The predicted molar refractivity (Wildman–Crippen MR) is 138 cm³/mol. The molecule has 5 rings (SSSR count). The fraction of sp³-hybridized carbons (Fsp3) is 0.111. The first-order chi connectivity index (χ1) is 17.2. The van der Waals surface area contributed by atoms with Crippen LogP contribution in [0.3, 0.4) is 0 Å². The Labute approximate surface area is 215 Å². The average molecular weight is 572 g/mol. The Balaban J connectivity index is 1.79. The van der Waals surface area contributed by atoms with Gasteiger partial charge in [-0.3, -0.25) is 9.20 Å². The molecule has 0 aliphatic heterocycles. The first kappa shape index (κ1) is 24.3. The number of esters is 1. The van der Waals surface area contributed by atoms with Crippen LogP contribution in [0.1, 0.15) is 27.2 Å². The summed E-state index contributed by atoms with van der Waals surface area (Å²) in [5.74, 6) is -0.699. The van der Waals surface area contributed by atoms with E-state index in [1.807, 2.05) is 42.5 Å². The molecule has 0 radical (unpaired) electrons. The first-order valence-electron chi connectivity index (χ1n) is 10.8. The highest BCUT2D eigenvalue weighted by Crippen LogP contribution is 2.39. The van der Waals surface area contributed by atoms with Gasteiger partial charge >= 0.3 is 12.1 Å². The van der Waals surface area contributed by atoms with E-state index < -0.39 is 23.3 Å². The lowest BCUT2D eigenvalue weighted by molar-refractivity contribution is -0.137. The largest absolute Gasteiger partial charge is 0.464 e. The van der Waals surface area contributed by atoms with Crippen molar-refractivity contribution < 1.29 is 22.7 Å². The number of carbonyl (C=O) groups is 1. The van der Waals surface area contributed by atoms with Gasteiger partial charge in [-0.15, -0.1) is 11.3 Å². The predicted octanol–water partition coefficient (Wildman–Crippen LogP) is 7.34. The average Bonchev–Trinajstić information content (AvgIpc) is 3.20. The number of carbonyl (C=O) groups excluding carboxylic acids is 1. The third-order valence-corrected chi connectivity index (χ3v) is 7.81. The Hall–Kier alpha value is -3.43. The number of hydrogen-bond acceptors (Lipinski definition) is 4. The zero-order valence-corrected chi connectivity index (χ0v) is 21.1. The van der Waals surface area contributed by atoms with Gasteiger partial charge in [0.1, 0.15) is 8.62 Å². The quantitative estimate of drug-likeness (QED) is 0.212. The normalized spacial score (nSPS) is 11.8. The third kappa shape index (κ3) is 4.22. The van der Waals surface area contributed by atoms with Crippen LogP contribution in [0, 0.1) is 0 Å². The van der Waals surface area contributed by atoms with Gasteiger partial charge in [-0.2, -0.15) is 13.2 Å². The molecule has 0 saturated heterocycles. The fourth-order valence-electron chi connectivity index (χ4n) is 4.36. The molecule has 0 spiro atoms. The smallest absolute Gasteiger partial charge is 0.416 e. The zero-order chi connectivity index (χ0) is 25.6. The molecule has 0 bridgehead atoms. The monoisotopic (exact) mass is 571 g/mol. The summed E-state index contributed by atoms with van der Waals surface area (Å²) in [7, 11) is 1.22. The highest BCUT2D eigenvalue weighted by atomic mass is 79.9. The van der Waals surface area contributed by atoms with Crippen molar-refractivity contribution >= 4 is 48.8 Å². The molecule has 3 aromatic carbocycles. The van der Waals surface area contributed by atoms with Gasteiger partial charge < -0.3 is 4.74 Å². The van der Waals surface area contributed by atoms with Gasteiger partial charge in [-0.25, -0.2) is 4.79 Å². The Morgan fingerprint density at radius 3 is 2.39 bits per heavy atom. The molecule has 0 unspecified atom stereocenters. The molecule has 0 aliphatic rings. The molecule has 0 fully saturated rings. The number of pyridine rings is 1.